The lowest BCUT2D eigenvalue weighted by molar-refractivity contribution is -0.870. The number of carbonyl (C=O) groups excluding carboxylic acids is 2. The lowest BCUT2D eigenvalue weighted by Crippen LogP contribution is -2.37. The van der Waals surface area contributed by atoms with Crippen molar-refractivity contribution >= 4 is 19.8 Å². The van der Waals surface area contributed by atoms with E-state index < -0.39 is 26.5 Å². The van der Waals surface area contributed by atoms with Crippen molar-refractivity contribution in [1.82, 2.24) is 0 Å². The Bertz CT molecular complexity index is 2120. The number of esters is 2. The van der Waals surface area contributed by atoms with Gasteiger partial charge < -0.3 is 27.9 Å². The van der Waals surface area contributed by atoms with Gasteiger partial charge in [0.2, 0.25) is 0 Å². The molecule has 0 heterocycles. The van der Waals surface area contributed by atoms with Crippen molar-refractivity contribution in [3.8, 4) is 0 Å². The van der Waals surface area contributed by atoms with E-state index in [-0.39, 0.29) is 32.0 Å². The van der Waals surface area contributed by atoms with Crippen molar-refractivity contribution in [3.63, 3.8) is 0 Å². The molecule has 0 saturated heterocycles. The van der Waals surface area contributed by atoms with Gasteiger partial charge >= 0.3 is 11.9 Å². The maximum Gasteiger partial charge on any atom is 0.306 e. The topological polar surface area (TPSA) is 111 Å². The van der Waals surface area contributed by atoms with Crippen LogP contribution in [0, 0.1) is 0 Å². The van der Waals surface area contributed by atoms with E-state index in [1.165, 1.54) is 205 Å². The number of phosphoric acid groups is 1. The number of phosphoric ester groups is 1. The highest BCUT2D eigenvalue weighted by molar-refractivity contribution is 7.45. The molecule has 10 heteroatoms. The first-order valence-corrected chi connectivity index (χ1v) is 42.4. The quantitative estimate of drug-likeness (QED) is 0.0195. The molecule has 0 rings (SSSR count). The SMILES string of the molecule is CC/C=C\C/C=C\C/C=C\C/C=C\C/C=C\C/C=C\C/C=C\C/C=C\C/C=C\C/C=C\CCCCCCCCC(=O)OC(COC(=O)CCCCCCCCCCCCCCCCCCCCCCCCCCC/C=C\CCCCCCCCCC)COP(=O)([O-])OCC[N+](C)(C)C. The fraction of sp³-hybridized carbons (Fsp3) is 0.727. The number of allylic oxidation sites excluding steroid dienone is 22. The van der Waals surface area contributed by atoms with E-state index in [9.17, 15) is 19.0 Å². The van der Waals surface area contributed by atoms with Crippen LogP contribution in [0.4, 0.5) is 0 Å². The minimum Gasteiger partial charge on any atom is -0.756 e. The lowest BCUT2D eigenvalue weighted by Gasteiger charge is -2.28. The lowest BCUT2D eigenvalue weighted by atomic mass is 10.0. The van der Waals surface area contributed by atoms with Gasteiger partial charge in [-0.25, -0.2) is 0 Å². The third-order valence-electron chi connectivity index (χ3n) is 17.7. The van der Waals surface area contributed by atoms with Gasteiger partial charge in [0, 0.05) is 12.8 Å². The third-order valence-corrected chi connectivity index (χ3v) is 18.6. The molecule has 98 heavy (non-hydrogen) atoms. The molecule has 0 aliphatic rings. The maximum absolute atomic E-state index is 12.9. The van der Waals surface area contributed by atoms with Gasteiger partial charge in [-0.15, -0.1) is 0 Å². The summed E-state index contributed by atoms with van der Waals surface area (Å²) in [7, 11) is 1.15. The van der Waals surface area contributed by atoms with E-state index in [0.29, 0.717) is 17.4 Å². The Morgan fingerprint density at radius 2 is 0.582 bits per heavy atom. The van der Waals surface area contributed by atoms with Crippen LogP contribution in [0.25, 0.3) is 0 Å². The molecule has 0 aromatic rings. The summed E-state index contributed by atoms with van der Waals surface area (Å²) in [4.78, 5) is 38.2. The first kappa shape index (κ1) is 94.2. The fourth-order valence-corrected chi connectivity index (χ4v) is 12.2. The maximum atomic E-state index is 12.9. The Kier molecular flexibility index (Phi) is 74.3. The predicted molar refractivity (Wildman–Crippen MR) is 424 cm³/mol. The molecule has 0 aromatic carbocycles. The van der Waals surface area contributed by atoms with E-state index in [0.717, 1.165) is 122 Å². The fourth-order valence-electron chi connectivity index (χ4n) is 11.4. The normalized spacial score (nSPS) is 13.7. The summed E-state index contributed by atoms with van der Waals surface area (Å²) in [6, 6.07) is 0. The molecule has 2 atom stereocenters. The largest absolute Gasteiger partial charge is 0.756 e. The predicted octanol–water partition coefficient (Wildman–Crippen LogP) is 26.9. The molecule has 0 N–H and O–H groups in total. The van der Waals surface area contributed by atoms with Crippen molar-refractivity contribution < 1.29 is 42.1 Å². The average molecular weight is 1390 g/mol. The number of ether oxygens (including phenoxy) is 2. The molecule has 2 unspecified atom stereocenters. The molecule has 0 radical (unpaired) electrons. The molecule has 0 aromatic heterocycles. The molecular weight excluding hydrogens is 1230 g/mol. The molecule has 564 valence electrons. The van der Waals surface area contributed by atoms with Crippen molar-refractivity contribution in [2.45, 2.75) is 367 Å². The second-order valence-corrected chi connectivity index (χ2v) is 29.8. The zero-order chi connectivity index (χ0) is 71.1. The van der Waals surface area contributed by atoms with Crippen LogP contribution < -0.4 is 4.89 Å². The smallest absolute Gasteiger partial charge is 0.306 e. The van der Waals surface area contributed by atoms with Crippen molar-refractivity contribution in [1.29, 1.82) is 0 Å². The van der Waals surface area contributed by atoms with Crippen LogP contribution >= 0.6 is 7.82 Å². The highest BCUT2D eigenvalue weighted by Crippen LogP contribution is 2.38. The van der Waals surface area contributed by atoms with Gasteiger partial charge in [0.1, 0.15) is 19.8 Å². The summed E-state index contributed by atoms with van der Waals surface area (Å²) in [6.07, 6.45) is 113. The van der Waals surface area contributed by atoms with Crippen molar-refractivity contribution in [2.24, 2.45) is 0 Å². The van der Waals surface area contributed by atoms with E-state index in [2.05, 4.69) is 148 Å². The van der Waals surface area contributed by atoms with Gasteiger partial charge in [0.25, 0.3) is 7.82 Å². The van der Waals surface area contributed by atoms with E-state index in [1.54, 1.807) is 0 Å². The number of likely N-dealkylation sites (N-methyl/N-ethyl adjacent to an activating group) is 1. The van der Waals surface area contributed by atoms with Crippen LogP contribution in [0.5, 0.6) is 0 Å². The standard InChI is InChI=1S/C88H154NO8P/c1-6-8-10-12-14-16-18-20-22-24-26-28-30-32-34-36-38-40-42-44-46-48-50-52-54-56-58-60-62-64-66-68-70-72-74-76-78-80-87(90)94-84-86(85-96-98(92,93)95-83-82-89(3,4)5)97-88(91)81-79-77-75-73-71-69-67-65-63-61-59-57-55-53-51-49-47-45-43-41-39-37-35-33-31-29-27-25-23-21-19-17-15-13-11-9-7-2/h9,11,15,17,21,23-24,26-27,29,33,35,39,41,45,47,51,53,57,59,63,65,86H,6-8,10,12-14,16,18-20,22,25,28,30-32,34,36-38,40,42-44,46,48-50,52,54-56,58,60-62,64,66-85H2,1-5H3/b11-9-,17-15-,23-21-,26-24-,29-27-,35-33-,41-39-,47-45-,53-51-,59-57-,65-63-. The highest BCUT2D eigenvalue weighted by atomic mass is 31.2. The van der Waals surface area contributed by atoms with Gasteiger partial charge in [-0.3, -0.25) is 14.2 Å². The second-order valence-electron chi connectivity index (χ2n) is 28.4. The summed E-state index contributed by atoms with van der Waals surface area (Å²) >= 11 is 0. The first-order chi connectivity index (χ1) is 48.0. The van der Waals surface area contributed by atoms with Gasteiger partial charge in [-0.2, -0.15) is 0 Å². The van der Waals surface area contributed by atoms with Gasteiger partial charge in [-0.05, 0) is 116 Å². The van der Waals surface area contributed by atoms with Crippen LogP contribution in [0.15, 0.2) is 134 Å². The number of hydrogen-bond acceptors (Lipinski definition) is 8. The Morgan fingerprint density at radius 3 is 0.878 bits per heavy atom. The molecule has 0 aliphatic heterocycles. The second kappa shape index (κ2) is 77.3. The van der Waals surface area contributed by atoms with Gasteiger partial charge in [0.15, 0.2) is 6.10 Å². The number of carbonyl (C=O) groups is 2. The first-order valence-electron chi connectivity index (χ1n) is 40.9. The summed E-state index contributed by atoms with van der Waals surface area (Å²) < 4.78 is 34.4. The highest BCUT2D eigenvalue weighted by Gasteiger charge is 2.22. The molecule has 0 aliphatic carbocycles. The van der Waals surface area contributed by atoms with Crippen molar-refractivity contribution in [3.05, 3.63) is 134 Å². The monoisotopic (exact) mass is 1380 g/mol. The molecular formula is C88H154NO8P. The number of nitrogens with zero attached hydrogens (tertiary/aromatic N) is 1. The third kappa shape index (κ3) is 81.1. The number of rotatable bonds is 75. The summed E-state index contributed by atoms with van der Waals surface area (Å²) in [5, 5.41) is 0. The minimum atomic E-state index is -4.66. The van der Waals surface area contributed by atoms with Gasteiger partial charge in [0.05, 0.1) is 27.7 Å². The van der Waals surface area contributed by atoms with Crippen LogP contribution in [0.1, 0.15) is 361 Å². The number of quaternary nitrogens is 1. The van der Waals surface area contributed by atoms with E-state index in [4.69, 9.17) is 18.5 Å². The van der Waals surface area contributed by atoms with Crippen LogP contribution in [0.2, 0.25) is 0 Å². The van der Waals surface area contributed by atoms with Crippen molar-refractivity contribution in [2.75, 3.05) is 47.5 Å². The molecule has 0 fully saturated rings. The molecule has 9 nitrogen and oxygen atoms in total. The Labute approximate surface area is 606 Å². The van der Waals surface area contributed by atoms with E-state index in [1.807, 2.05) is 21.1 Å². The minimum absolute atomic E-state index is 0.0388. The Hall–Kier alpha value is -3.85. The zero-order valence-corrected chi connectivity index (χ0v) is 65.3. The molecule has 0 saturated carbocycles. The zero-order valence-electron chi connectivity index (χ0n) is 64.5. The summed E-state index contributed by atoms with van der Waals surface area (Å²) in [5.41, 5.74) is 0. The Morgan fingerprint density at radius 1 is 0.327 bits per heavy atom. The number of unbranched alkanes of at least 4 members (excludes halogenated alkanes) is 39. The van der Waals surface area contributed by atoms with E-state index >= 15 is 0 Å². The molecule has 0 bridgehead atoms. The van der Waals surface area contributed by atoms with Crippen LogP contribution in [0.3, 0.4) is 0 Å². The average Bonchev–Trinajstić information content (AvgIpc) is 1.08. The number of hydrogen-bond donors (Lipinski definition) is 0. The van der Waals surface area contributed by atoms with Gasteiger partial charge in [-0.1, -0.05) is 366 Å². The summed E-state index contributed by atoms with van der Waals surface area (Å²) in [6.45, 7) is 4.14. The van der Waals surface area contributed by atoms with Crippen LogP contribution in [-0.4, -0.2) is 70.0 Å². The van der Waals surface area contributed by atoms with Crippen LogP contribution in [-0.2, 0) is 32.7 Å². The summed E-state index contributed by atoms with van der Waals surface area (Å²) in [5.74, 6) is -0.844. The molecule has 0 amide bonds. The Balaban J connectivity index is 4.02. The molecule has 0 spiro atoms.